The van der Waals surface area contributed by atoms with Crippen LogP contribution in [0.3, 0.4) is 0 Å². The van der Waals surface area contributed by atoms with Crippen LogP contribution in [-0.4, -0.2) is 71.7 Å². The van der Waals surface area contributed by atoms with Gasteiger partial charge in [0.05, 0.1) is 43.9 Å². The number of nitrogens with one attached hydrogen (secondary N) is 1. The zero-order valence-corrected chi connectivity index (χ0v) is 21.5. The molecule has 1 aliphatic rings. The predicted octanol–water partition coefficient (Wildman–Crippen LogP) is 3.21. The van der Waals surface area contributed by atoms with Gasteiger partial charge in [-0.05, 0) is 44.5 Å². The van der Waals surface area contributed by atoms with Crippen LogP contribution in [0.25, 0.3) is 10.9 Å². The largest absolute Gasteiger partial charge is 0.493 e. The maximum absolute atomic E-state index is 13.2. The number of ether oxygens (including phenoxy) is 3. The summed E-state index contributed by atoms with van der Waals surface area (Å²) in [7, 11) is 3.04. The number of carbonyl (C=O) groups is 1. The van der Waals surface area contributed by atoms with E-state index in [9.17, 15) is 9.59 Å². The van der Waals surface area contributed by atoms with E-state index < -0.39 is 0 Å². The van der Waals surface area contributed by atoms with Crippen LogP contribution in [0.4, 0.5) is 0 Å². The molecule has 3 aromatic rings. The number of aromatic amines is 1. The molecule has 1 amide bonds. The SMILES string of the molecule is CCN(Cc1nc2cc(OC)c(OC)cc2c(=O)[nH]1)C(=O)c1ccc(CN2C[C@H](C)O[C@@H](C)C2)cc1. The summed E-state index contributed by atoms with van der Waals surface area (Å²) in [5.74, 6) is 1.23. The van der Waals surface area contributed by atoms with Gasteiger partial charge in [-0.25, -0.2) is 4.98 Å². The van der Waals surface area contributed by atoms with Gasteiger partial charge < -0.3 is 24.1 Å². The Morgan fingerprint density at radius 1 is 1.11 bits per heavy atom. The molecule has 0 unspecified atom stereocenters. The summed E-state index contributed by atoms with van der Waals surface area (Å²) in [6.07, 6.45) is 0.428. The molecule has 1 N–H and O–H groups in total. The van der Waals surface area contributed by atoms with Crippen LogP contribution in [0, 0.1) is 0 Å². The fourth-order valence-electron chi connectivity index (χ4n) is 4.70. The third-order valence-corrected chi connectivity index (χ3v) is 6.37. The summed E-state index contributed by atoms with van der Waals surface area (Å²) in [5, 5.41) is 0.394. The Bertz CT molecular complexity index is 1260. The van der Waals surface area contributed by atoms with E-state index in [0.29, 0.717) is 40.3 Å². The van der Waals surface area contributed by atoms with Crippen molar-refractivity contribution >= 4 is 16.8 Å². The number of fused-ring (bicyclic) bond motifs is 1. The molecule has 1 aromatic heterocycles. The molecule has 192 valence electrons. The fourth-order valence-corrected chi connectivity index (χ4v) is 4.70. The highest BCUT2D eigenvalue weighted by atomic mass is 16.5. The number of benzene rings is 2. The van der Waals surface area contributed by atoms with E-state index in [0.717, 1.165) is 25.2 Å². The standard InChI is InChI=1S/C27H34N4O5/c1-6-31(16-25-28-22-12-24(35-5)23(34-4)11-21(22)26(32)29-25)27(33)20-9-7-19(8-10-20)15-30-13-17(2)36-18(3)14-30/h7-12,17-18H,6,13-16H2,1-5H3,(H,28,29,32)/t17-,18-/m0/s1. The van der Waals surface area contributed by atoms with E-state index in [4.69, 9.17) is 14.2 Å². The molecular formula is C27H34N4O5. The van der Waals surface area contributed by atoms with Gasteiger partial charge in [-0.2, -0.15) is 0 Å². The van der Waals surface area contributed by atoms with Gasteiger partial charge >= 0.3 is 0 Å². The first-order valence-electron chi connectivity index (χ1n) is 12.2. The fraction of sp³-hybridized carbons (Fsp3) is 0.444. The minimum atomic E-state index is -0.296. The van der Waals surface area contributed by atoms with Crippen molar-refractivity contribution in [1.29, 1.82) is 0 Å². The van der Waals surface area contributed by atoms with Gasteiger partial charge in [-0.3, -0.25) is 14.5 Å². The molecule has 0 radical (unpaired) electrons. The van der Waals surface area contributed by atoms with Gasteiger partial charge in [-0.1, -0.05) is 12.1 Å². The Labute approximate surface area is 211 Å². The third kappa shape index (κ3) is 5.68. The van der Waals surface area contributed by atoms with E-state index in [1.165, 1.54) is 14.2 Å². The van der Waals surface area contributed by atoms with Gasteiger partial charge in [0.15, 0.2) is 11.5 Å². The number of morpholine rings is 1. The molecule has 0 aliphatic carbocycles. The van der Waals surface area contributed by atoms with Crippen LogP contribution in [0.15, 0.2) is 41.2 Å². The summed E-state index contributed by atoms with van der Waals surface area (Å²) in [6, 6.07) is 11.0. The van der Waals surface area contributed by atoms with Gasteiger partial charge in [0.2, 0.25) is 0 Å². The molecule has 36 heavy (non-hydrogen) atoms. The zero-order valence-electron chi connectivity index (χ0n) is 21.5. The lowest BCUT2D eigenvalue weighted by Crippen LogP contribution is -2.44. The maximum atomic E-state index is 13.2. The number of rotatable bonds is 8. The predicted molar refractivity (Wildman–Crippen MR) is 138 cm³/mol. The molecule has 1 saturated heterocycles. The van der Waals surface area contributed by atoms with Crippen LogP contribution in [-0.2, 0) is 17.8 Å². The van der Waals surface area contributed by atoms with E-state index in [2.05, 4.69) is 28.7 Å². The van der Waals surface area contributed by atoms with Crippen molar-refractivity contribution in [2.45, 2.75) is 46.1 Å². The van der Waals surface area contributed by atoms with Crippen LogP contribution in [0.1, 0.15) is 42.5 Å². The Balaban J connectivity index is 1.49. The van der Waals surface area contributed by atoms with Crippen molar-refractivity contribution in [3.05, 3.63) is 63.7 Å². The molecule has 2 heterocycles. The van der Waals surface area contributed by atoms with E-state index in [1.807, 2.05) is 31.2 Å². The van der Waals surface area contributed by atoms with Crippen molar-refractivity contribution < 1.29 is 19.0 Å². The zero-order chi connectivity index (χ0) is 25.8. The normalized spacial score (nSPS) is 18.2. The number of hydrogen-bond donors (Lipinski definition) is 1. The molecule has 1 fully saturated rings. The van der Waals surface area contributed by atoms with Crippen molar-refractivity contribution in [1.82, 2.24) is 19.8 Å². The number of aromatic nitrogens is 2. The first-order chi connectivity index (χ1) is 17.3. The molecule has 2 aromatic carbocycles. The van der Waals surface area contributed by atoms with Gasteiger partial charge in [0.25, 0.3) is 11.5 Å². The Kier molecular flexibility index (Phi) is 7.91. The van der Waals surface area contributed by atoms with E-state index in [1.54, 1.807) is 17.0 Å². The van der Waals surface area contributed by atoms with Crippen LogP contribution >= 0.6 is 0 Å². The highest BCUT2D eigenvalue weighted by Crippen LogP contribution is 2.30. The quantitative estimate of drug-likeness (QED) is 0.514. The number of carbonyl (C=O) groups excluding carboxylic acids is 1. The molecular weight excluding hydrogens is 460 g/mol. The lowest BCUT2D eigenvalue weighted by atomic mass is 10.1. The van der Waals surface area contributed by atoms with Crippen LogP contribution in [0.2, 0.25) is 0 Å². The van der Waals surface area contributed by atoms with Gasteiger partial charge in [-0.15, -0.1) is 0 Å². The monoisotopic (exact) mass is 494 g/mol. The molecule has 0 saturated carbocycles. The number of amides is 1. The molecule has 1 aliphatic heterocycles. The average Bonchev–Trinajstić information content (AvgIpc) is 2.86. The minimum absolute atomic E-state index is 0.118. The highest BCUT2D eigenvalue weighted by Gasteiger charge is 2.22. The van der Waals surface area contributed by atoms with E-state index in [-0.39, 0.29) is 30.2 Å². The Hall–Kier alpha value is -3.43. The summed E-state index contributed by atoms with van der Waals surface area (Å²) < 4.78 is 16.4. The second-order valence-corrected chi connectivity index (χ2v) is 9.20. The lowest BCUT2D eigenvalue weighted by molar-refractivity contribution is -0.0704. The lowest BCUT2D eigenvalue weighted by Gasteiger charge is -2.35. The van der Waals surface area contributed by atoms with Crippen molar-refractivity contribution in [3.8, 4) is 11.5 Å². The molecule has 4 rings (SSSR count). The second kappa shape index (κ2) is 11.1. The first kappa shape index (κ1) is 25.7. The summed E-state index contributed by atoms with van der Waals surface area (Å²) in [4.78, 5) is 37.4. The highest BCUT2D eigenvalue weighted by molar-refractivity contribution is 5.94. The number of hydrogen-bond acceptors (Lipinski definition) is 7. The minimum Gasteiger partial charge on any atom is -0.493 e. The average molecular weight is 495 g/mol. The molecule has 0 bridgehead atoms. The maximum Gasteiger partial charge on any atom is 0.258 e. The van der Waals surface area contributed by atoms with Gasteiger partial charge in [0, 0.05) is 37.8 Å². The van der Waals surface area contributed by atoms with E-state index >= 15 is 0 Å². The van der Waals surface area contributed by atoms with Crippen LogP contribution in [0.5, 0.6) is 11.5 Å². The molecule has 2 atom stereocenters. The topological polar surface area (TPSA) is 97.0 Å². The number of nitrogens with zero attached hydrogens (tertiary/aromatic N) is 3. The third-order valence-electron chi connectivity index (χ3n) is 6.37. The summed E-state index contributed by atoms with van der Waals surface area (Å²) in [6.45, 7) is 9.34. The molecule has 9 heteroatoms. The van der Waals surface area contributed by atoms with Crippen LogP contribution < -0.4 is 15.0 Å². The van der Waals surface area contributed by atoms with Crippen molar-refractivity contribution in [2.24, 2.45) is 0 Å². The van der Waals surface area contributed by atoms with Gasteiger partial charge in [0.1, 0.15) is 5.82 Å². The van der Waals surface area contributed by atoms with Crippen molar-refractivity contribution in [3.63, 3.8) is 0 Å². The first-order valence-corrected chi connectivity index (χ1v) is 12.2. The van der Waals surface area contributed by atoms with Crippen molar-refractivity contribution in [2.75, 3.05) is 33.9 Å². The molecule has 9 nitrogen and oxygen atoms in total. The number of methoxy groups -OCH3 is 2. The number of H-pyrrole nitrogens is 1. The Morgan fingerprint density at radius 2 is 1.75 bits per heavy atom. The smallest absolute Gasteiger partial charge is 0.258 e. The summed E-state index contributed by atoms with van der Waals surface area (Å²) >= 11 is 0. The Morgan fingerprint density at radius 3 is 2.36 bits per heavy atom. The molecule has 0 spiro atoms. The summed E-state index contributed by atoms with van der Waals surface area (Å²) in [5.41, 5.74) is 1.93. The second-order valence-electron chi connectivity index (χ2n) is 9.20.